The highest BCUT2D eigenvalue weighted by molar-refractivity contribution is 5.86. The molecule has 0 radical (unpaired) electrons. The van der Waals surface area contributed by atoms with E-state index in [2.05, 4.69) is 5.32 Å². The molecule has 1 aromatic rings. The Hall–Kier alpha value is -1.09. The Balaban J connectivity index is 1.89. The van der Waals surface area contributed by atoms with Crippen molar-refractivity contribution in [1.29, 1.82) is 0 Å². The molecular weight excluding hydrogens is 190 g/mol. The van der Waals surface area contributed by atoms with E-state index in [0.29, 0.717) is 12.2 Å². The van der Waals surface area contributed by atoms with Crippen molar-refractivity contribution in [2.24, 2.45) is 0 Å². The van der Waals surface area contributed by atoms with Crippen LogP contribution in [0.3, 0.4) is 0 Å². The fraction of sp³-hybridized carbons (Fsp3) is 0.583. The maximum Gasteiger partial charge on any atom is 0.154 e. The monoisotopic (exact) mass is 207 g/mol. The molecule has 2 rings (SSSR count). The summed E-state index contributed by atoms with van der Waals surface area (Å²) < 4.78 is 4.95. The molecule has 0 bridgehead atoms. The molecule has 1 aliphatic heterocycles. The molecule has 0 saturated carbocycles. The summed E-state index contributed by atoms with van der Waals surface area (Å²) in [7, 11) is 0. The fourth-order valence-electron chi connectivity index (χ4n) is 2.02. The summed E-state index contributed by atoms with van der Waals surface area (Å²) in [5.74, 6) is 0.290. The lowest BCUT2D eigenvalue weighted by Crippen LogP contribution is -2.36. The van der Waals surface area contributed by atoms with Gasteiger partial charge in [0.15, 0.2) is 5.78 Å². The fourth-order valence-corrected chi connectivity index (χ4v) is 2.02. The first kappa shape index (κ1) is 10.4. The molecular formula is C12H17NO2. The lowest BCUT2D eigenvalue weighted by molar-refractivity contribution is -0.120. The maximum absolute atomic E-state index is 11.9. The van der Waals surface area contributed by atoms with Crippen LogP contribution in [0.15, 0.2) is 23.0 Å². The molecule has 1 aromatic heterocycles. The summed E-state index contributed by atoms with van der Waals surface area (Å²) in [6.45, 7) is 0.974. The van der Waals surface area contributed by atoms with Gasteiger partial charge < -0.3 is 9.73 Å². The number of carbonyl (C=O) groups is 1. The molecule has 1 unspecified atom stereocenters. The summed E-state index contributed by atoms with van der Waals surface area (Å²) in [6, 6.07) is 1.91. The van der Waals surface area contributed by atoms with Crippen LogP contribution in [0.5, 0.6) is 0 Å². The van der Waals surface area contributed by atoms with Gasteiger partial charge in [-0.1, -0.05) is 12.8 Å². The van der Waals surface area contributed by atoms with Crippen molar-refractivity contribution in [1.82, 2.24) is 5.32 Å². The Morgan fingerprint density at radius 1 is 1.47 bits per heavy atom. The number of nitrogens with one attached hydrogen (secondary N) is 1. The van der Waals surface area contributed by atoms with E-state index < -0.39 is 0 Å². The third kappa shape index (κ3) is 2.93. The third-order valence-electron chi connectivity index (χ3n) is 2.91. The summed E-state index contributed by atoms with van der Waals surface area (Å²) in [5, 5.41) is 3.31. The van der Waals surface area contributed by atoms with Gasteiger partial charge in [-0.3, -0.25) is 4.79 Å². The predicted molar refractivity (Wildman–Crippen MR) is 57.7 cm³/mol. The normalized spacial score (nSPS) is 22.3. The first-order chi connectivity index (χ1) is 7.36. The third-order valence-corrected chi connectivity index (χ3v) is 2.91. The summed E-state index contributed by atoms with van der Waals surface area (Å²) >= 11 is 0. The van der Waals surface area contributed by atoms with E-state index in [-0.39, 0.29) is 6.04 Å². The molecule has 1 saturated heterocycles. The van der Waals surface area contributed by atoms with Gasteiger partial charge in [-0.25, -0.2) is 0 Å². The van der Waals surface area contributed by atoms with Crippen molar-refractivity contribution in [2.75, 3.05) is 6.54 Å². The molecule has 1 atom stereocenters. The average Bonchev–Trinajstić information content (AvgIpc) is 2.58. The van der Waals surface area contributed by atoms with Gasteiger partial charge in [0.25, 0.3) is 0 Å². The molecule has 3 nitrogen and oxygen atoms in total. The van der Waals surface area contributed by atoms with Gasteiger partial charge in [0, 0.05) is 6.42 Å². The number of ketones is 1. The van der Waals surface area contributed by atoms with Gasteiger partial charge in [-0.05, 0) is 31.0 Å². The number of hydrogen-bond donors (Lipinski definition) is 1. The van der Waals surface area contributed by atoms with Crippen LogP contribution in [0.4, 0.5) is 0 Å². The minimum atomic E-state index is 0.0578. The van der Waals surface area contributed by atoms with Crippen LogP contribution in [0.2, 0.25) is 0 Å². The van der Waals surface area contributed by atoms with E-state index in [1.54, 1.807) is 12.5 Å². The van der Waals surface area contributed by atoms with Crippen LogP contribution in [-0.4, -0.2) is 18.4 Å². The topological polar surface area (TPSA) is 42.2 Å². The van der Waals surface area contributed by atoms with Crippen molar-refractivity contribution >= 4 is 5.78 Å². The number of hydrogen-bond acceptors (Lipinski definition) is 3. The predicted octanol–water partition coefficient (Wildman–Crippen LogP) is 1.92. The lowest BCUT2D eigenvalue weighted by atomic mass is 10.0. The van der Waals surface area contributed by atoms with Crippen LogP contribution >= 0.6 is 0 Å². The molecule has 1 N–H and O–H groups in total. The Kier molecular flexibility index (Phi) is 3.56. The molecule has 3 heteroatoms. The largest absolute Gasteiger partial charge is 0.472 e. The summed E-state index contributed by atoms with van der Waals surface area (Å²) in [6.07, 6.45) is 8.33. The Labute approximate surface area is 89.9 Å². The minimum absolute atomic E-state index is 0.0578. The van der Waals surface area contributed by atoms with E-state index in [1.807, 2.05) is 6.07 Å². The van der Waals surface area contributed by atoms with Crippen molar-refractivity contribution < 1.29 is 9.21 Å². The van der Waals surface area contributed by atoms with Crippen molar-refractivity contribution in [2.45, 2.75) is 38.1 Å². The van der Waals surface area contributed by atoms with Crippen LogP contribution in [0.1, 0.15) is 31.2 Å². The second kappa shape index (κ2) is 5.12. The highest BCUT2D eigenvalue weighted by Gasteiger charge is 2.19. The Morgan fingerprint density at radius 3 is 3.20 bits per heavy atom. The van der Waals surface area contributed by atoms with Crippen LogP contribution in [-0.2, 0) is 11.2 Å². The van der Waals surface area contributed by atoms with Gasteiger partial charge in [0.1, 0.15) is 0 Å². The zero-order chi connectivity index (χ0) is 10.5. The van der Waals surface area contributed by atoms with E-state index in [4.69, 9.17) is 4.42 Å². The van der Waals surface area contributed by atoms with E-state index in [9.17, 15) is 4.79 Å². The Morgan fingerprint density at radius 2 is 2.40 bits per heavy atom. The van der Waals surface area contributed by atoms with Crippen LogP contribution in [0.25, 0.3) is 0 Å². The van der Waals surface area contributed by atoms with Crippen molar-refractivity contribution in [3.63, 3.8) is 0 Å². The summed E-state index contributed by atoms with van der Waals surface area (Å²) in [5.41, 5.74) is 0.978. The molecule has 0 aromatic carbocycles. The molecule has 0 aliphatic carbocycles. The maximum atomic E-state index is 11.9. The average molecular weight is 207 g/mol. The van der Waals surface area contributed by atoms with E-state index in [1.165, 1.54) is 12.8 Å². The molecule has 1 fully saturated rings. The number of carbonyl (C=O) groups excluding carboxylic acids is 1. The second-order valence-electron chi connectivity index (χ2n) is 4.13. The highest BCUT2D eigenvalue weighted by atomic mass is 16.3. The van der Waals surface area contributed by atoms with Crippen LogP contribution in [0, 0.1) is 0 Å². The van der Waals surface area contributed by atoms with Gasteiger partial charge >= 0.3 is 0 Å². The zero-order valence-electron chi connectivity index (χ0n) is 8.87. The van der Waals surface area contributed by atoms with Crippen LogP contribution < -0.4 is 5.32 Å². The SMILES string of the molecule is O=C(Cc1ccoc1)C1CCCCCN1. The number of rotatable bonds is 3. The Bertz CT molecular complexity index is 297. The lowest BCUT2D eigenvalue weighted by Gasteiger charge is -2.13. The minimum Gasteiger partial charge on any atom is -0.472 e. The first-order valence-corrected chi connectivity index (χ1v) is 5.63. The molecule has 15 heavy (non-hydrogen) atoms. The van der Waals surface area contributed by atoms with Gasteiger partial charge in [-0.2, -0.15) is 0 Å². The molecule has 2 heterocycles. The summed E-state index contributed by atoms with van der Waals surface area (Å²) in [4.78, 5) is 11.9. The molecule has 1 aliphatic rings. The zero-order valence-corrected chi connectivity index (χ0v) is 8.87. The van der Waals surface area contributed by atoms with Crippen molar-refractivity contribution in [3.8, 4) is 0 Å². The van der Waals surface area contributed by atoms with E-state index >= 15 is 0 Å². The van der Waals surface area contributed by atoms with Gasteiger partial charge in [0.2, 0.25) is 0 Å². The quantitative estimate of drug-likeness (QED) is 0.823. The molecule has 0 amide bonds. The first-order valence-electron chi connectivity index (χ1n) is 5.63. The number of furan rings is 1. The highest BCUT2D eigenvalue weighted by Crippen LogP contribution is 2.11. The second-order valence-corrected chi connectivity index (χ2v) is 4.13. The standard InChI is InChI=1S/C12H17NO2/c14-12(8-10-5-7-15-9-10)11-4-2-1-3-6-13-11/h5,7,9,11,13H,1-4,6,8H2. The van der Waals surface area contributed by atoms with Gasteiger partial charge in [-0.15, -0.1) is 0 Å². The van der Waals surface area contributed by atoms with E-state index in [0.717, 1.165) is 24.9 Å². The van der Waals surface area contributed by atoms with Gasteiger partial charge in [0.05, 0.1) is 18.6 Å². The molecule has 82 valence electrons. The molecule has 0 spiro atoms. The smallest absolute Gasteiger partial charge is 0.154 e. The number of Topliss-reactive ketones (excluding diaryl/α,β-unsaturated/α-hetero) is 1. The van der Waals surface area contributed by atoms with Crippen molar-refractivity contribution in [3.05, 3.63) is 24.2 Å².